The van der Waals surface area contributed by atoms with Crippen molar-refractivity contribution in [2.75, 3.05) is 5.34 Å². The third-order valence-electron chi connectivity index (χ3n) is 0.995. The van der Waals surface area contributed by atoms with Crippen LogP contribution in [0.5, 0.6) is 0 Å². The van der Waals surface area contributed by atoms with Gasteiger partial charge in [-0.25, -0.2) is 0 Å². The van der Waals surface area contributed by atoms with E-state index < -0.39 is 4.92 Å². The molecule has 0 unspecified atom stereocenters. The molecule has 1 rings (SSSR count). The van der Waals surface area contributed by atoms with Crippen LogP contribution in [0.2, 0.25) is 0 Å². The number of nitrogens with zero attached hydrogens (tertiary/aromatic N) is 2. The molecule has 0 spiro atoms. The predicted octanol–water partition coefficient (Wildman–Crippen LogP) is 1.65. The Kier molecular flexibility index (Phi) is 5.92. The zero-order valence-corrected chi connectivity index (χ0v) is 7.90. The quantitative estimate of drug-likeness (QED) is 0.240. The molecule has 0 saturated heterocycles. The summed E-state index contributed by atoms with van der Waals surface area (Å²) in [6.45, 7) is 0. The second kappa shape index (κ2) is 6.45. The van der Waals surface area contributed by atoms with E-state index in [-0.39, 0.29) is 11.0 Å². The van der Waals surface area contributed by atoms with Gasteiger partial charge in [0, 0.05) is 0 Å². The third-order valence-corrected chi connectivity index (χ3v) is 0.995. The van der Waals surface area contributed by atoms with Crippen LogP contribution in [-0.2, 0) is 0 Å². The van der Waals surface area contributed by atoms with Gasteiger partial charge in [-0.2, -0.15) is 4.73 Å². The summed E-state index contributed by atoms with van der Waals surface area (Å²) in [4.78, 5) is 9.45. The number of hydrogen-bond donors (Lipinski definition) is 0. The molecule has 1 aromatic heterocycles. The molecular formula is C6H6Cl2N2O3. The lowest BCUT2D eigenvalue weighted by Gasteiger charge is -1.91. The van der Waals surface area contributed by atoms with Crippen molar-refractivity contribution in [1.82, 2.24) is 0 Å². The van der Waals surface area contributed by atoms with Gasteiger partial charge in [0.15, 0.2) is 12.4 Å². The zero-order chi connectivity index (χ0) is 10.3. The minimum absolute atomic E-state index is 0.0768. The van der Waals surface area contributed by atoms with Crippen LogP contribution in [0.15, 0.2) is 24.5 Å². The molecule has 1 aromatic rings. The summed E-state index contributed by atoms with van der Waals surface area (Å²) in [5.41, 5.74) is -0.0768. The highest BCUT2D eigenvalue weighted by atomic mass is 35.5. The highest BCUT2D eigenvalue weighted by Gasteiger charge is 2.04. The number of rotatable bonds is 1. The predicted molar refractivity (Wildman–Crippen MR) is 48.6 cm³/mol. The van der Waals surface area contributed by atoms with Gasteiger partial charge in [-0.15, -0.1) is 23.2 Å². The molecule has 0 fully saturated rings. The van der Waals surface area contributed by atoms with Crippen LogP contribution in [0.25, 0.3) is 0 Å². The fourth-order valence-electron chi connectivity index (χ4n) is 0.527. The van der Waals surface area contributed by atoms with Crippen molar-refractivity contribution in [3.63, 3.8) is 0 Å². The van der Waals surface area contributed by atoms with Crippen LogP contribution >= 0.6 is 23.2 Å². The van der Waals surface area contributed by atoms with Crippen LogP contribution in [-0.4, -0.2) is 10.3 Å². The van der Waals surface area contributed by atoms with Gasteiger partial charge in [-0.3, -0.25) is 10.1 Å². The van der Waals surface area contributed by atoms with Crippen molar-refractivity contribution in [2.24, 2.45) is 0 Å². The Balaban J connectivity index is 0.000000424. The minimum atomic E-state index is -0.556. The zero-order valence-electron chi connectivity index (χ0n) is 6.39. The maximum absolute atomic E-state index is 10.3. The molecule has 1 heterocycles. The first-order chi connectivity index (χ1) is 6.11. The molecule has 0 amide bonds. The number of hydrogen-bond acceptors (Lipinski definition) is 3. The second-order valence-corrected chi connectivity index (χ2v) is 2.58. The smallest absolute Gasteiger partial charge is 0.281 e. The van der Waals surface area contributed by atoms with Gasteiger partial charge >= 0.3 is 0 Å². The topological polar surface area (TPSA) is 70.1 Å². The third kappa shape index (κ3) is 5.21. The summed E-state index contributed by atoms with van der Waals surface area (Å²) >= 11 is 9.53. The van der Waals surface area contributed by atoms with Crippen molar-refractivity contribution >= 4 is 28.9 Å². The Hall–Kier alpha value is -1.07. The van der Waals surface area contributed by atoms with Gasteiger partial charge in [0.2, 0.25) is 0 Å². The SMILES string of the molecule is ClCCl.O=[N+]([O-])c1cc[n+]([O-])cc1. The van der Waals surface area contributed by atoms with Crippen molar-refractivity contribution in [3.05, 3.63) is 39.8 Å². The highest BCUT2D eigenvalue weighted by Crippen LogP contribution is 2.04. The van der Waals surface area contributed by atoms with Gasteiger partial charge in [-0.05, 0) is 0 Å². The summed E-state index contributed by atoms with van der Waals surface area (Å²) in [5, 5.41) is 20.5. The lowest BCUT2D eigenvalue weighted by molar-refractivity contribution is -0.606. The average molecular weight is 225 g/mol. The molecule has 0 aromatic carbocycles. The largest absolute Gasteiger partial charge is 0.619 e. The average Bonchev–Trinajstić information content (AvgIpc) is 2.06. The van der Waals surface area contributed by atoms with Gasteiger partial charge in [0.05, 0.1) is 22.4 Å². The fraction of sp³-hybridized carbons (Fsp3) is 0.167. The maximum atomic E-state index is 10.3. The lowest BCUT2D eigenvalue weighted by Crippen LogP contribution is -2.23. The lowest BCUT2D eigenvalue weighted by atomic mass is 10.4. The number of alkyl halides is 2. The molecule has 0 aliphatic rings. The molecule has 0 saturated carbocycles. The molecular weight excluding hydrogens is 219 g/mol. The molecule has 0 atom stereocenters. The standard InChI is InChI=1S/C5H4N2O3.CH2Cl2/c8-6-3-1-5(2-4-6)7(9)10;2-1-3/h1-4H;1H2. The molecule has 0 aliphatic carbocycles. The van der Waals surface area contributed by atoms with Crippen molar-refractivity contribution in [1.29, 1.82) is 0 Å². The van der Waals surface area contributed by atoms with E-state index in [1.807, 2.05) is 0 Å². The molecule has 5 nitrogen and oxygen atoms in total. The number of nitro groups is 1. The fourth-order valence-corrected chi connectivity index (χ4v) is 0.527. The van der Waals surface area contributed by atoms with Crippen molar-refractivity contribution < 1.29 is 9.65 Å². The molecule has 0 aliphatic heterocycles. The first-order valence-corrected chi connectivity index (χ1v) is 4.14. The van der Waals surface area contributed by atoms with Crippen LogP contribution in [0, 0.1) is 15.3 Å². The first-order valence-electron chi connectivity index (χ1n) is 3.07. The number of pyridine rings is 1. The molecule has 7 heteroatoms. The molecule has 0 bridgehead atoms. The summed E-state index contributed by atoms with van der Waals surface area (Å²) in [6.07, 6.45) is 2.16. The van der Waals surface area contributed by atoms with Gasteiger partial charge in [-0.1, -0.05) is 0 Å². The Morgan fingerprint density at radius 1 is 1.38 bits per heavy atom. The second-order valence-electron chi connectivity index (χ2n) is 1.77. The Labute approximate surface area is 84.2 Å². The molecule has 0 N–H and O–H groups in total. The maximum Gasteiger partial charge on any atom is 0.281 e. The van der Waals surface area contributed by atoms with E-state index in [0.717, 1.165) is 24.5 Å². The van der Waals surface area contributed by atoms with E-state index in [2.05, 4.69) is 0 Å². The van der Waals surface area contributed by atoms with E-state index in [1.165, 1.54) is 0 Å². The monoisotopic (exact) mass is 224 g/mol. The van der Waals surface area contributed by atoms with Crippen LogP contribution < -0.4 is 4.73 Å². The van der Waals surface area contributed by atoms with Gasteiger partial charge < -0.3 is 5.21 Å². The highest BCUT2D eigenvalue weighted by molar-refractivity contribution is 6.40. The van der Waals surface area contributed by atoms with Gasteiger partial charge in [0.25, 0.3) is 5.69 Å². The normalized spacial score (nSPS) is 8.46. The van der Waals surface area contributed by atoms with E-state index in [9.17, 15) is 15.3 Å². The molecule has 13 heavy (non-hydrogen) atoms. The van der Waals surface area contributed by atoms with Crippen LogP contribution in [0.4, 0.5) is 5.69 Å². The van der Waals surface area contributed by atoms with Crippen molar-refractivity contribution in [3.8, 4) is 0 Å². The summed E-state index contributed by atoms with van der Waals surface area (Å²) in [7, 11) is 0. The molecule has 72 valence electrons. The summed E-state index contributed by atoms with van der Waals surface area (Å²) < 4.78 is 0.493. The van der Waals surface area contributed by atoms with E-state index >= 15 is 0 Å². The Morgan fingerprint density at radius 2 is 1.77 bits per heavy atom. The van der Waals surface area contributed by atoms with Crippen molar-refractivity contribution in [2.45, 2.75) is 0 Å². The minimum Gasteiger partial charge on any atom is -0.619 e. The Morgan fingerprint density at radius 3 is 2.08 bits per heavy atom. The van der Waals surface area contributed by atoms with E-state index in [4.69, 9.17) is 23.2 Å². The van der Waals surface area contributed by atoms with E-state index in [0.29, 0.717) is 4.73 Å². The first kappa shape index (κ1) is 11.9. The van der Waals surface area contributed by atoms with E-state index in [1.54, 1.807) is 0 Å². The van der Waals surface area contributed by atoms with Crippen LogP contribution in [0.3, 0.4) is 0 Å². The Bertz CT molecular complexity index is 265. The molecule has 0 radical (unpaired) electrons. The summed E-state index contributed by atoms with van der Waals surface area (Å²) in [6, 6.07) is 2.29. The van der Waals surface area contributed by atoms with Crippen LogP contribution in [0.1, 0.15) is 0 Å². The van der Waals surface area contributed by atoms with Gasteiger partial charge in [0.1, 0.15) is 0 Å². The number of halogens is 2. The number of aromatic nitrogens is 1. The summed E-state index contributed by atoms with van der Waals surface area (Å²) in [5.74, 6) is 0.